The lowest BCUT2D eigenvalue weighted by Gasteiger charge is -2.06. The highest BCUT2D eigenvalue weighted by molar-refractivity contribution is 6.41. The molecule has 2 aromatic carbocycles. The molecule has 4 rings (SSSR count). The molecule has 1 N–H and O–H groups in total. The number of aromatic nitrogens is 1. The third-order valence-corrected chi connectivity index (χ3v) is 4.38. The molecule has 0 saturated carbocycles. The summed E-state index contributed by atoms with van der Waals surface area (Å²) in [6.07, 6.45) is 1.38. The molecule has 2 aromatic heterocycles. The Kier molecular flexibility index (Phi) is 3.63. The molecule has 0 aliphatic carbocycles. The molecule has 0 fully saturated rings. The molecule has 24 heavy (non-hydrogen) atoms. The molecule has 4 aromatic rings. The van der Waals surface area contributed by atoms with Crippen LogP contribution >= 0.6 is 23.2 Å². The zero-order chi connectivity index (χ0) is 16.7. The summed E-state index contributed by atoms with van der Waals surface area (Å²) in [6.45, 7) is 0. The van der Waals surface area contributed by atoms with E-state index in [0.29, 0.717) is 11.3 Å². The SMILES string of the molecule is O=C(Nc1ccc2oc3ccccc3c2c1)c1cnc(Cl)c(Cl)c1. The van der Waals surface area contributed by atoms with E-state index in [1.807, 2.05) is 36.4 Å². The molecule has 0 saturated heterocycles. The summed E-state index contributed by atoms with van der Waals surface area (Å²) in [5, 5.41) is 5.17. The maximum Gasteiger partial charge on any atom is 0.257 e. The summed E-state index contributed by atoms with van der Waals surface area (Å²) in [4.78, 5) is 16.2. The third kappa shape index (κ3) is 2.60. The first-order valence-corrected chi connectivity index (χ1v) is 7.91. The first-order chi connectivity index (χ1) is 11.6. The average molecular weight is 357 g/mol. The Labute approximate surface area is 147 Å². The van der Waals surface area contributed by atoms with Crippen LogP contribution in [0.3, 0.4) is 0 Å². The average Bonchev–Trinajstić information content (AvgIpc) is 2.95. The minimum Gasteiger partial charge on any atom is -0.456 e. The molecular formula is C18H10Cl2N2O2. The van der Waals surface area contributed by atoms with Gasteiger partial charge in [0.15, 0.2) is 0 Å². The number of amides is 1. The van der Waals surface area contributed by atoms with Crippen molar-refractivity contribution >= 4 is 56.7 Å². The third-order valence-electron chi connectivity index (χ3n) is 3.69. The molecule has 2 heterocycles. The fourth-order valence-corrected chi connectivity index (χ4v) is 2.82. The summed E-state index contributed by atoms with van der Waals surface area (Å²) in [5.74, 6) is -0.312. The molecule has 1 amide bonds. The quantitative estimate of drug-likeness (QED) is 0.479. The number of carbonyl (C=O) groups is 1. The van der Waals surface area contributed by atoms with Crippen LogP contribution in [0, 0.1) is 0 Å². The Bertz CT molecular complexity index is 1090. The van der Waals surface area contributed by atoms with Gasteiger partial charge in [-0.05, 0) is 30.3 Å². The molecule has 4 nitrogen and oxygen atoms in total. The van der Waals surface area contributed by atoms with E-state index in [2.05, 4.69) is 10.3 Å². The van der Waals surface area contributed by atoms with Gasteiger partial charge in [0.25, 0.3) is 5.91 Å². The van der Waals surface area contributed by atoms with E-state index in [9.17, 15) is 4.79 Å². The summed E-state index contributed by atoms with van der Waals surface area (Å²) < 4.78 is 5.77. The summed E-state index contributed by atoms with van der Waals surface area (Å²) in [7, 11) is 0. The molecule has 0 bridgehead atoms. The zero-order valence-corrected chi connectivity index (χ0v) is 13.7. The van der Waals surface area contributed by atoms with Crippen LogP contribution in [-0.4, -0.2) is 10.9 Å². The zero-order valence-electron chi connectivity index (χ0n) is 12.2. The van der Waals surface area contributed by atoms with Gasteiger partial charge in [0.2, 0.25) is 0 Å². The van der Waals surface area contributed by atoms with Gasteiger partial charge in [0.05, 0.1) is 10.6 Å². The van der Waals surface area contributed by atoms with E-state index in [0.717, 1.165) is 21.9 Å². The van der Waals surface area contributed by atoms with Crippen LogP contribution in [0.2, 0.25) is 10.2 Å². The van der Waals surface area contributed by atoms with Crippen molar-refractivity contribution in [3.05, 3.63) is 70.5 Å². The first-order valence-electron chi connectivity index (χ1n) is 7.15. The van der Waals surface area contributed by atoms with E-state index in [4.69, 9.17) is 27.6 Å². The van der Waals surface area contributed by atoms with Gasteiger partial charge in [-0.1, -0.05) is 41.4 Å². The van der Waals surface area contributed by atoms with E-state index >= 15 is 0 Å². The van der Waals surface area contributed by atoms with Gasteiger partial charge in [-0.2, -0.15) is 0 Å². The minimum absolute atomic E-state index is 0.166. The van der Waals surface area contributed by atoms with Gasteiger partial charge < -0.3 is 9.73 Å². The molecule has 0 aliphatic rings. The number of fused-ring (bicyclic) bond motifs is 3. The number of furan rings is 1. The van der Waals surface area contributed by atoms with Crippen LogP contribution in [-0.2, 0) is 0 Å². The number of para-hydroxylation sites is 1. The highest BCUT2D eigenvalue weighted by Gasteiger charge is 2.11. The standard InChI is InChI=1S/C18H10Cl2N2O2/c19-14-7-10(9-21-17(14)20)18(23)22-11-5-6-16-13(8-11)12-3-1-2-4-15(12)24-16/h1-9H,(H,22,23). The largest absolute Gasteiger partial charge is 0.456 e. The van der Waals surface area contributed by atoms with Crippen LogP contribution in [0.5, 0.6) is 0 Å². The van der Waals surface area contributed by atoms with Crippen molar-refractivity contribution in [2.75, 3.05) is 5.32 Å². The molecule has 0 atom stereocenters. The number of anilines is 1. The Morgan fingerprint density at radius 3 is 2.62 bits per heavy atom. The van der Waals surface area contributed by atoms with Gasteiger partial charge in [-0.15, -0.1) is 0 Å². The number of benzene rings is 2. The Morgan fingerprint density at radius 2 is 1.79 bits per heavy atom. The Morgan fingerprint density at radius 1 is 1.00 bits per heavy atom. The van der Waals surface area contributed by atoms with Crippen molar-refractivity contribution in [2.45, 2.75) is 0 Å². The van der Waals surface area contributed by atoms with Crippen LogP contribution < -0.4 is 5.32 Å². The van der Waals surface area contributed by atoms with Crippen LogP contribution in [0.25, 0.3) is 21.9 Å². The highest BCUT2D eigenvalue weighted by atomic mass is 35.5. The van der Waals surface area contributed by atoms with Crippen molar-refractivity contribution in [1.82, 2.24) is 4.98 Å². The maximum atomic E-state index is 12.3. The molecule has 6 heteroatoms. The van der Waals surface area contributed by atoms with Crippen molar-refractivity contribution in [3.8, 4) is 0 Å². The van der Waals surface area contributed by atoms with E-state index in [1.54, 1.807) is 6.07 Å². The second kappa shape index (κ2) is 5.82. The summed E-state index contributed by atoms with van der Waals surface area (Å²) >= 11 is 11.7. The molecule has 0 aliphatic heterocycles. The molecule has 118 valence electrons. The van der Waals surface area contributed by atoms with E-state index in [-0.39, 0.29) is 16.1 Å². The molecule has 0 unspecified atom stereocenters. The number of pyridine rings is 1. The number of hydrogen-bond acceptors (Lipinski definition) is 3. The lowest BCUT2D eigenvalue weighted by molar-refractivity contribution is 0.102. The first kappa shape index (κ1) is 15.0. The van der Waals surface area contributed by atoms with Crippen LogP contribution in [0.4, 0.5) is 5.69 Å². The second-order valence-corrected chi connectivity index (χ2v) is 6.03. The second-order valence-electron chi connectivity index (χ2n) is 5.26. The summed E-state index contributed by atoms with van der Waals surface area (Å²) in [5.41, 5.74) is 2.57. The van der Waals surface area contributed by atoms with E-state index < -0.39 is 0 Å². The van der Waals surface area contributed by atoms with Gasteiger partial charge in [0, 0.05) is 22.7 Å². The number of carbonyl (C=O) groups excluding carboxylic acids is 1. The number of hydrogen-bond donors (Lipinski definition) is 1. The van der Waals surface area contributed by atoms with Crippen molar-refractivity contribution in [3.63, 3.8) is 0 Å². The predicted octanol–water partition coefficient (Wildman–Crippen LogP) is 5.54. The lowest BCUT2D eigenvalue weighted by Crippen LogP contribution is -2.12. The van der Waals surface area contributed by atoms with Gasteiger partial charge in [0.1, 0.15) is 16.3 Å². The van der Waals surface area contributed by atoms with Crippen molar-refractivity contribution < 1.29 is 9.21 Å². The van der Waals surface area contributed by atoms with Crippen molar-refractivity contribution in [1.29, 1.82) is 0 Å². The lowest BCUT2D eigenvalue weighted by atomic mass is 10.1. The molecule has 0 radical (unpaired) electrons. The van der Waals surface area contributed by atoms with Gasteiger partial charge in [-0.25, -0.2) is 4.98 Å². The normalized spacial score (nSPS) is 11.1. The van der Waals surface area contributed by atoms with Crippen LogP contribution in [0.15, 0.2) is 59.1 Å². The van der Waals surface area contributed by atoms with Gasteiger partial charge >= 0.3 is 0 Å². The Balaban J connectivity index is 1.70. The fraction of sp³-hybridized carbons (Fsp3) is 0. The predicted molar refractivity (Wildman–Crippen MR) is 95.9 cm³/mol. The fourth-order valence-electron chi connectivity index (χ4n) is 2.55. The van der Waals surface area contributed by atoms with Crippen molar-refractivity contribution in [2.24, 2.45) is 0 Å². The smallest absolute Gasteiger partial charge is 0.257 e. The number of nitrogens with one attached hydrogen (secondary N) is 1. The molecule has 0 spiro atoms. The molecular weight excluding hydrogens is 347 g/mol. The summed E-state index contributed by atoms with van der Waals surface area (Å²) in [6, 6.07) is 14.7. The number of rotatable bonds is 2. The van der Waals surface area contributed by atoms with Crippen LogP contribution in [0.1, 0.15) is 10.4 Å². The topological polar surface area (TPSA) is 55.1 Å². The number of nitrogens with zero attached hydrogens (tertiary/aromatic N) is 1. The highest BCUT2D eigenvalue weighted by Crippen LogP contribution is 2.30. The number of halogens is 2. The maximum absolute atomic E-state index is 12.3. The van der Waals surface area contributed by atoms with Gasteiger partial charge in [-0.3, -0.25) is 4.79 Å². The minimum atomic E-state index is -0.312. The van der Waals surface area contributed by atoms with E-state index in [1.165, 1.54) is 12.3 Å². The Hall–Kier alpha value is -2.56. The monoisotopic (exact) mass is 356 g/mol.